The molecule has 0 aromatic heterocycles. The Morgan fingerprint density at radius 2 is 1.56 bits per heavy atom. The molecule has 16 heavy (non-hydrogen) atoms. The highest BCUT2D eigenvalue weighted by Crippen LogP contribution is 2.25. The van der Waals surface area contributed by atoms with Crippen molar-refractivity contribution in [1.82, 2.24) is 0 Å². The van der Waals surface area contributed by atoms with Gasteiger partial charge >= 0.3 is 0 Å². The van der Waals surface area contributed by atoms with Crippen LogP contribution in [0.1, 0.15) is 43.4 Å². The first-order valence-electron chi connectivity index (χ1n) is 5.53. The van der Waals surface area contributed by atoms with Crippen molar-refractivity contribution in [2.24, 2.45) is 0 Å². The quantitative estimate of drug-likeness (QED) is 0.810. The number of allylic oxidation sites excluding steroid dienone is 2. The van der Waals surface area contributed by atoms with Gasteiger partial charge in [-0.25, -0.2) is 0 Å². The largest absolute Gasteiger partial charge is 0.396 e. The van der Waals surface area contributed by atoms with Gasteiger partial charge < -0.3 is 5.11 Å². The second-order valence-electron chi connectivity index (χ2n) is 4.49. The zero-order valence-electron chi connectivity index (χ0n) is 10.4. The van der Waals surface area contributed by atoms with Crippen molar-refractivity contribution >= 4 is 11.1 Å². The van der Waals surface area contributed by atoms with E-state index in [1.54, 1.807) is 0 Å². The Morgan fingerprint density at radius 1 is 1.12 bits per heavy atom. The highest BCUT2D eigenvalue weighted by Gasteiger charge is 2.08. The molecule has 0 aliphatic carbocycles. The van der Waals surface area contributed by atoms with Gasteiger partial charge in [0.15, 0.2) is 0 Å². The summed E-state index contributed by atoms with van der Waals surface area (Å²) in [6.45, 7) is 14.1. The van der Waals surface area contributed by atoms with E-state index in [1.807, 2.05) is 20.8 Å². The molecule has 0 saturated heterocycles. The van der Waals surface area contributed by atoms with Gasteiger partial charge in [0.05, 0.1) is 0 Å². The first-order chi connectivity index (χ1) is 7.45. The maximum atomic E-state index is 9.20. The summed E-state index contributed by atoms with van der Waals surface area (Å²) in [4.78, 5) is 0. The first kappa shape index (κ1) is 12.7. The maximum Gasteiger partial charge on any atom is 0.0497 e. The monoisotopic (exact) mass is 216 g/mol. The molecule has 0 spiro atoms. The van der Waals surface area contributed by atoms with Gasteiger partial charge in [-0.05, 0) is 36.6 Å². The Labute approximate surface area is 98.1 Å². The number of aliphatic hydroxyl groups is 1. The number of hydrogen-bond donors (Lipinski definition) is 1. The Balaban J connectivity index is 3.29. The van der Waals surface area contributed by atoms with Crippen LogP contribution in [0.4, 0.5) is 0 Å². The third-order valence-corrected chi connectivity index (χ3v) is 2.78. The van der Waals surface area contributed by atoms with Crippen molar-refractivity contribution in [3.8, 4) is 0 Å². The normalized spacial score (nSPS) is 12.2. The fraction of sp³-hybridized carbons (Fsp3) is 0.333. The van der Waals surface area contributed by atoms with Gasteiger partial charge in [0.25, 0.3) is 0 Å². The average Bonchev–Trinajstić information content (AvgIpc) is 2.27. The summed E-state index contributed by atoms with van der Waals surface area (Å²) >= 11 is 0. The molecule has 1 unspecified atom stereocenters. The van der Waals surface area contributed by atoms with Gasteiger partial charge in [-0.2, -0.15) is 0 Å². The number of aliphatic hydroxyl groups excluding tert-OH is 1. The van der Waals surface area contributed by atoms with Crippen LogP contribution in [-0.4, -0.2) is 11.7 Å². The zero-order chi connectivity index (χ0) is 12.3. The van der Waals surface area contributed by atoms with Crippen LogP contribution in [0.25, 0.3) is 11.1 Å². The molecule has 1 heteroatoms. The predicted molar refractivity (Wildman–Crippen MR) is 71.4 cm³/mol. The van der Waals surface area contributed by atoms with Crippen LogP contribution in [0.5, 0.6) is 0 Å². The van der Waals surface area contributed by atoms with E-state index in [4.69, 9.17) is 0 Å². The van der Waals surface area contributed by atoms with Crippen LogP contribution in [0.3, 0.4) is 0 Å². The fourth-order valence-corrected chi connectivity index (χ4v) is 1.53. The van der Waals surface area contributed by atoms with Gasteiger partial charge in [-0.3, -0.25) is 0 Å². The lowest BCUT2D eigenvalue weighted by Gasteiger charge is -2.13. The minimum absolute atomic E-state index is 0.150. The Kier molecular flexibility index (Phi) is 4.08. The third kappa shape index (κ3) is 2.83. The molecule has 0 radical (unpaired) electrons. The predicted octanol–water partition coefficient (Wildman–Crippen LogP) is 3.85. The molecule has 1 aromatic carbocycles. The van der Waals surface area contributed by atoms with Crippen LogP contribution in [0.15, 0.2) is 31.4 Å². The van der Waals surface area contributed by atoms with Crippen molar-refractivity contribution in [2.75, 3.05) is 6.61 Å². The summed E-state index contributed by atoms with van der Waals surface area (Å²) < 4.78 is 0. The van der Waals surface area contributed by atoms with Crippen molar-refractivity contribution in [3.63, 3.8) is 0 Å². The molecule has 1 nitrogen and oxygen atoms in total. The molecule has 0 amide bonds. The van der Waals surface area contributed by atoms with E-state index in [1.165, 1.54) is 0 Å². The molecule has 86 valence electrons. The molecular formula is C15H20O. The molecule has 1 atom stereocenters. The summed E-state index contributed by atoms with van der Waals surface area (Å²) in [5.74, 6) is 0.150. The van der Waals surface area contributed by atoms with E-state index in [0.717, 1.165) is 27.8 Å². The van der Waals surface area contributed by atoms with Crippen LogP contribution < -0.4 is 0 Å². The second kappa shape index (κ2) is 5.13. The van der Waals surface area contributed by atoms with Crippen LogP contribution in [0, 0.1) is 0 Å². The fourth-order valence-electron chi connectivity index (χ4n) is 1.53. The lowest BCUT2D eigenvalue weighted by molar-refractivity contribution is 0.273. The molecule has 0 aliphatic rings. The summed E-state index contributed by atoms with van der Waals surface area (Å²) in [6.07, 6.45) is 0. The standard InChI is InChI=1S/C15H20O/c1-10(2)13-6-14(11(3)4)8-15(7-13)12(5)9-16/h6-8,12,16H,1,3,9H2,2,4-5H3. The smallest absolute Gasteiger partial charge is 0.0497 e. The van der Waals surface area contributed by atoms with Gasteiger partial charge in [0, 0.05) is 12.5 Å². The molecule has 0 aliphatic heterocycles. The Morgan fingerprint density at radius 3 is 1.88 bits per heavy atom. The summed E-state index contributed by atoms with van der Waals surface area (Å²) in [7, 11) is 0. The number of rotatable bonds is 4. The lowest BCUT2D eigenvalue weighted by Crippen LogP contribution is -2.00. The Bertz CT molecular complexity index is 383. The highest BCUT2D eigenvalue weighted by atomic mass is 16.3. The van der Waals surface area contributed by atoms with Crippen molar-refractivity contribution < 1.29 is 5.11 Å². The average molecular weight is 216 g/mol. The maximum absolute atomic E-state index is 9.20. The molecular weight excluding hydrogens is 196 g/mol. The molecule has 0 bridgehead atoms. The second-order valence-corrected chi connectivity index (χ2v) is 4.49. The molecule has 0 heterocycles. The van der Waals surface area contributed by atoms with Crippen molar-refractivity contribution in [2.45, 2.75) is 26.7 Å². The molecule has 0 saturated carbocycles. The van der Waals surface area contributed by atoms with Gasteiger partial charge in [-0.1, -0.05) is 43.4 Å². The Hall–Kier alpha value is -1.34. The SMILES string of the molecule is C=C(C)c1cc(C(=C)C)cc(C(C)CO)c1. The van der Waals surface area contributed by atoms with E-state index in [0.29, 0.717) is 0 Å². The minimum atomic E-state index is 0.150. The van der Waals surface area contributed by atoms with Crippen LogP contribution in [-0.2, 0) is 0 Å². The molecule has 0 fully saturated rings. The van der Waals surface area contributed by atoms with E-state index in [9.17, 15) is 5.11 Å². The first-order valence-corrected chi connectivity index (χ1v) is 5.53. The molecule has 1 N–H and O–H groups in total. The summed E-state index contributed by atoms with van der Waals surface area (Å²) in [6, 6.07) is 6.28. The lowest BCUT2D eigenvalue weighted by atomic mass is 9.93. The zero-order valence-corrected chi connectivity index (χ0v) is 10.4. The summed E-state index contributed by atoms with van der Waals surface area (Å²) in [5.41, 5.74) is 5.46. The van der Waals surface area contributed by atoms with Gasteiger partial charge in [-0.15, -0.1) is 0 Å². The summed E-state index contributed by atoms with van der Waals surface area (Å²) in [5, 5.41) is 9.20. The third-order valence-electron chi connectivity index (χ3n) is 2.78. The minimum Gasteiger partial charge on any atom is -0.396 e. The topological polar surface area (TPSA) is 20.2 Å². The molecule has 1 aromatic rings. The highest BCUT2D eigenvalue weighted by molar-refractivity contribution is 5.70. The van der Waals surface area contributed by atoms with E-state index in [-0.39, 0.29) is 12.5 Å². The van der Waals surface area contributed by atoms with Gasteiger partial charge in [0.1, 0.15) is 0 Å². The van der Waals surface area contributed by atoms with Crippen molar-refractivity contribution in [3.05, 3.63) is 48.0 Å². The van der Waals surface area contributed by atoms with Crippen LogP contribution >= 0.6 is 0 Å². The number of benzene rings is 1. The van der Waals surface area contributed by atoms with E-state index >= 15 is 0 Å². The molecule has 1 rings (SSSR count). The number of hydrogen-bond acceptors (Lipinski definition) is 1. The van der Waals surface area contributed by atoms with Crippen molar-refractivity contribution in [1.29, 1.82) is 0 Å². The van der Waals surface area contributed by atoms with E-state index < -0.39 is 0 Å². The van der Waals surface area contributed by atoms with Crippen LogP contribution in [0.2, 0.25) is 0 Å². The van der Waals surface area contributed by atoms with Gasteiger partial charge in [0.2, 0.25) is 0 Å². The van der Waals surface area contributed by atoms with E-state index in [2.05, 4.69) is 31.4 Å².